The summed E-state index contributed by atoms with van der Waals surface area (Å²) in [5.41, 5.74) is 2.67. The van der Waals surface area contributed by atoms with Crippen molar-refractivity contribution >= 4 is 39.5 Å². The normalized spacial score (nSPS) is 17.3. The van der Waals surface area contributed by atoms with Crippen molar-refractivity contribution in [1.82, 2.24) is 4.90 Å². The highest BCUT2D eigenvalue weighted by molar-refractivity contribution is 14.1. The molecule has 0 fully saturated rings. The molecule has 2 aromatic carbocycles. The highest BCUT2D eigenvalue weighted by Crippen LogP contribution is 2.27. The number of halogens is 1. The van der Waals surface area contributed by atoms with Crippen LogP contribution in [0.3, 0.4) is 0 Å². The third-order valence-electron chi connectivity index (χ3n) is 3.58. The fourth-order valence-corrected chi connectivity index (χ4v) is 4.21. The van der Waals surface area contributed by atoms with Crippen molar-refractivity contribution < 1.29 is 0 Å². The lowest BCUT2D eigenvalue weighted by atomic mass is 10.2. The van der Waals surface area contributed by atoms with Gasteiger partial charge >= 0.3 is 0 Å². The lowest BCUT2D eigenvalue weighted by molar-refractivity contribution is 0.414. The summed E-state index contributed by atoms with van der Waals surface area (Å²) in [5, 5.41) is 1.82. The van der Waals surface area contributed by atoms with E-state index in [1.54, 1.807) is 0 Å². The molecule has 2 aromatic rings. The van der Waals surface area contributed by atoms with E-state index in [1.165, 1.54) is 16.3 Å². The van der Waals surface area contributed by atoms with Crippen LogP contribution in [0.15, 0.2) is 65.7 Å². The molecular formula is C18H19IN2S. The topological polar surface area (TPSA) is 15.6 Å². The Kier molecular flexibility index (Phi) is 5.78. The van der Waals surface area contributed by atoms with Gasteiger partial charge in [-0.15, -0.1) is 0 Å². The van der Waals surface area contributed by atoms with E-state index in [0.717, 1.165) is 24.1 Å². The largest absolute Gasteiger partial charge is 0.343 e. The predicted molar refractivity (Wildman–Crippen MR) is 105 cm³/mol. The van der Waals surface area contributed by atoms with Gasteiger partial charge in [0, 0.05) is 22.8 Å². The Labute approximate surface area is 150 Å². The van der Waals surface area contributed by atoms with Crippen molar-refractivity contribution in [1.29, 1.82) is 0 Å². The number of amidine groups is 1. The molecular weight excluding hydrogens is 403 g/mol. The summed E-state index contributed by atoms with van der Waals surface area (Å²) < 4.78 is 1.15. The second-order valence-electron chi connectivity index (χ2n) is 5.34. The minimum absolute atomic E-state index is 0.629. The van der Waals surface area contributed by atoms with Gasteiger partial charge in [-0.25, -0.2) is 0 Å². The fourth-order valence-electron chi connectivity index (χ4n) is 2.46. The molecule has 1 atom stereocenters. The van der Waals surface area contributed by atoms with Crippen molar-refractivity contribution in [2.45, 2.75) is 18.3 Å². The van der Waals surface area contributed by atoms with Crippen LogP contribution in [-0.2, 0) is 13.1 Å². The van der Waals surface area contributed by atoms with Crippen molar-refractivity contribution in [2.75, 3.05) is 11.0 Å². The Morgan fingerprint density at radius 2 is 1.50 bits per heavy atom. The van der Waals surface area contributed by atoms with E-state index >= 15 is 0 Å². The molecule has 0 radical (unpaired) electrons. The molecule has 1 aliphatic heterocycles. The van der Waals surface area contributed by atoms with Gasteiger partial charge in [0.15, 0.2) is 5.17 Å². The first kappa shape index (κ1) is 15.9. The van der Waals surface area contributed by atoms with E-state index in [1.807, 2.05) is 11.8 Å². The van der Waals surface area contributed by atoms with Gasteiger partial charge in [-0.05, 0) is 11.1 Å². The predicted octanol–water partition coefficient (Wildman–Crippen LogP) is 4.60. The van der Waals surface area contributed by atoms with Crippen LogP contribution in [-0.4, -0.2) is 26.3 Å². The Morgan fingerprint density at radius 3 is 1.95 bits per heavy atom. The van der Waals surface area contributed by atoms with Gasteiger partial charge < -0.3 is 4.90 Å². The summed E-state index contributed by atoms with van der Waals surface area (Å²) in [5.74, 6) is 0. The molecule has 22 heavy (non-hydrogen) atoms. The molecule has 0 amide bonds. The van der Waals surface area contributed by atoms with E-state index in [4.69, 9.17) is 4.99 Å². The molecule has 0 aromatic heterocycles. The van der Waals surface area contributed by atoms with E-state index in [2.05, 4.69) is 88.2 Å². The molecule has 0 saturated heterocycles. The molecule has 0 spiro atoms. The van der Waals surface area contributed by atoms with E-state index in [0.29, 0.717) is 5.25 Å². The third-order valence-corrected chi connectivity index (χ3v) is 6.49. The summed E-state index contributed by atoms with van der Waals surface area (Å²) in [6.07, 6.45) is 0. The zero-order valence-electron chi connectivity index (χ0n) is 12.4. The fraction of sp³-hybridized carbons (Fsp3) is 0.278. The quantitative estimate of drug-likeness (QED) is 0.517. The monoisotopic (exact) mass is 422 g/mol. The molecule has 0 N–H and O–H groups in total. The molecule has 2 nitrogen and oxygen atoms in total. The zero-order chi connectivity index (χ0) is 15.2. The Balaban J connectivity index is 1.76. The highest BCUT2D eigenvalue weighted by atomic mass is 127. The average Bonchev–Trinajstić information content (AvgIpc) is 3.05. The maximum Gasteiger partial charge on any atom is 0.160 e. The van der Waals surface area contributed by atoms with Crippen LogP contribution in [0.2, 0.25) is 0 Å². The van der Waals surface area contributed by atoms with Crippen LogP contribution in [0.4, 0.5) is 0 Å². The summed E-state index contributed by atoms with van der Waals surface area (Å²) in [7, 11) is 0. The maximum absolute atomic E-state index is 4.78. The van der Waals surface area contributed by atoms with Crippen molar-refractivity contribution in [3.63, 3.8) is 0 Å². The van der Waals surface area contributed by atoms with E-state index < -0.39 is 0 Å². The summed E-state index contributed by atoms with van der Waals surface area (Å²) in [6, 6.07) is 21.3. The second-order valence-corrected chi connectivity index (χ2v) is 7.49. The number of benzene rings is 2. The molecule has 0 bridgehead atoms. The van der Waals surface area contributed by atoms with Crippen LogP contribution >= 0.6 is 34.4 Å². The average molecular weight is 422 g/mol. The summed E-state index contributed by atoms with van der Waals surface area (Å²) in [6.45, 7) is 2.77. The molecule has 0 saturated carbocycles. The summed E-state index contributed by atoms with van der Waals surface area (Å²) >= 11 is 4.38. The Bertz CT molecular complexity index is 574. The molecule has 0 aliphatic carbocycles. The number of thioether (sulfide) groups is 1. The first-order valence-corrected chi connectivity index (χ1v) is 9.85. The van der Waals surface area contributed by atoms with Crippen LogP contribution < -0.4 is 0 Å². The van der Waals surface area contributed by atoms with Crippen LogP contribution in [0, 0.1) is 0 Å². The van der Waals surface area contributed by atoms with Gasteiger partial charge in [-0.1, -0.05) is 95.0 Å². The number of aliphatic imine (C=N–C) groups is 1. The first-order valence-electron chi connectivity index (χ1n) is 7.45. The van der Waals surface area contributed by atoms with Gasteiger partial charge in [0.05, 0.1) is 6.54 Å². The van der Waals surface area contributed by atoms with E-state index in [-0.39, 0.29) is 0 Å². The molecule has 3 rings (SSSR count). The van der Waals surface area contributed by atoms with Gasteiger partial charge in [0.1, 0.15) is 0 Å². The molecule has 1 aliphatic rings. The Morgan fingerprint density at radius 1 is 0.955 bits per heavy atom. The lowest BCUT2D eigenvalue weighted by Gasteiger charge is -2.24. The van der Waals surface area contributed by atoms with Crippen LogP contribution in [0.1, 0.15) is 11.1 Å². The zero-order valence-corrected chi connectivity index (χ0v) is 15.3. The third kappa shape index (κ3) is 4.26. The van der Waals surface area contributed by atoms with E-state index in [9.17, 15) is 0 Å². The maximum atomic E-state index is 4.78. The van der Waals surface area contributed by atoms with Crippen molar-refractivity contribution in [3.05, 3.63) is 71.8 Å². The molecule has 114 valence electrons. The second kappa shape index (κ2) is 8.02. The minimum Gasteiger partial charge on any atom is -0.343 e. The van der Waals surface area contributed by atoms with Gasteiger partial charge in [0.2, 0.25) is 0 Å². The smallest absolute Gasteiger partial charge is 0.160 e. The van der Waals surface area contributed by atoms with Gasteiger partial charge in [-0.2, -0.15) is 0 Å². The van der Waals surface area contributed by atoms with Crippen molar-refractivity contribution in [3.8, 4) is 0 Å². The standard InChI is InChI=1S/C18H19IN2S/c19-11-17-12-20-18(22-17)21(13-15-7-3-1-4-8-15)14-16-9-5-2-6-10-16/h1-10,17H,11-14H2. The first-order chi connectivity index (χ1) is 10.8. The number of hydrogen-bond donors (Lipinski definition) is 0. The SMILES string of the molecule is ICC1CN=C(N(Cc2ccccc2)Cc2ccccc2)S1. The minimum atomic E-state index is 0.629. The lowest BCUT2D eigenvalue weighted by Crippen LogP contribution is -2.27. The molecule has 4 heteroatoms. The van der Waals surface area contributed by atoms with Crippen molar-refractivity contribution in [2.24, 2.45) is 4.99 Å². The summed E-state index contributed by atoms with van der Waals surface area (Å²) in [4.78, 5) is 7.19. The number of rotatable bonds is 5. The number of hydrogen-bond acceptors (Lipinski definition) is 3. The van der Waals surface area contributed by atoms with Crippen LogP contribution in [0.5, 0.6) is 0 Å². The molecule has 1 unspecified atom stereocenters. The van der Waals surface area contributed by atoms with Gasteiger partial charge in [0.25, 0.3) is 0 Å². The number of alkyl halides is 1. The van der Waals surface area contributed by atoms with Gasteiger partial charge in [-0.3, -0.25) is 4.99 Å². The number of nitrogens with zero attached hydrogens (tertiary/aromatic N) is 2. The molecule has 1 heterocycles. The highest BCUT2D eigenvalue weighted by Gasteiger charge is 2.23. The van der Waals surface area contributed by atoms with Crippen LogP contribution in [0.25, 0.3) is 0 Å². The Hall–Kier alpha value is -1.01.